The van der Waals surface area contributed by atoms with E-state index < -0.39 is 20.0 Å². The van der Waals surface area contributed by atoms with Gasteiger partial charge in [-0.3, -0.25) is 13.8 Å². The highest BCUT2D eigenvalue weighted by Crippen LogP contribution is 2.43. The number of nitrogens with one attached hydrogen (secondary N) is 1. The van der Waals surface area contributed by atoms with Crippen LogP contribution in [0.1, 0.15) is 284 Å². The second kappa shape index (κ2) is 50.7. The fourth-order valence-corrected chi connectivity index (χ4v) is 9.46. The molecular formula is C59H116N2O6P+. The molecule has 8 nitrogen and oxygen atoms in total. The van der Waals surface area contributed by atoms with Gasteiger partial charge >= 0.3 is 7.82 Å². The molecule has 68 heavy (non-hydrogen) atoms. The van der Waals surface area contributed by atoms with Gasteiger partial charge in [-0.25, -0.2) is 4.57 Å². The van der Waals surface area contributed by atoms with Crippen molar-refractivity contribution in [1.82, 2.24) is 5.32 Å². The third-order valence-corrected chi connectivity index (χ3v) is 14.3. The van der Waals surface area contributed by atoms with Crippen LogP contribution in [0.3, 0.4) is 0 Å². The molecule has 0 bridgehead atoms. The number of hydrogen-bond acceptors (Lipinski definition) is 5. The monoisotopic (exact) mass is 980 g/mol. The minimum absolute atomic E-state index is 0.0552. The van der Waals surface area contributed by atoms with E-state index >= 15 is 0 Å². The molecule has 0 saturated heterocycles. The maximum atomic E-state index is 13.0. The lowest BCUT2D eigenvalue weighted by Crippen LogP contribution is -2.45. The molecule has 0 fully saturated rings. The summed E-state index contributed by atoms with van der Waals surface area (Å²) in [5.41, 5.74) is 0. The number of carbonyl (C=O) groups excluding carboxylic acids is 1. The number of unbranched alkanes of at least 4 members (excludes halogenated alkanes) is 37. The molecule has 1 amide bonds. The first-order valence-electron chi connectivity index (χ1n) is 29.4. The molecule has 402 valence electrons. The van der Waals surface area contributed by atoms with Gasteiger partial charge in [-0.15, -0.1) is 0 Å². The third kappa shape index (κ3) is 52.5. The van der Waals surface area contributed by atoms with Crippen LogP contribution in [-0.4, -0.2) is 73.4 Å². The van der Waals surface area contributed by atoms with Crippen molar-refractivity contribution < 1.29 is 32.9 Å². The molecule has 3 N–H and O–H groups in total. The highest BCUT2D eigenvalue weighted by Gasteiger charge is 2.27. The fraction of sp³-hybridized carbons (Fsp3) is 0.881. The average molecular weight is 981 g/mol. The van der Waals surface area contributed by atoms with Crippen LogP contribution in [0.2, 0.25) is 0 Å². The summed E-state index contributed by atoms with van der Waals surface area (Å²) < 4.78 is 23.7. The number of nitrogens with zero attached hydrogens (tertiary/aromatic N) is 1. The topological polar surface area (TPSA) is 105 Å². The van der Waals surface area contributed by atoms with Gasteiger partial charge in [-0.05, 0) is 44.9 Å². The maximum absolute atomic E-state index is 13.0. The van der Waals surface area contributed by atoms with Crippen LogP contribution in [0, 0.1) is 0 Å². The number of likely N-dealkylation sites (N-methyl/N-ethyl adjacent to an activating group) is 1. The van der Waals surface area contributed by atoms with Crippen LogP contribution in [0.25, 0.3) is 0 Å². The van der Waals surface area contributed by atoms with Crippen LogP contribution < -0.4 is 5.32 Å². The summed E-state index contributed by atoms with van der Waals surface area (Å²) in [7, 11) is 1.56. The van der Waals surface area contributed by atoms with Crippen LogP contribution >= 0.6 is 7.82 Å². The number of rotatable bonds is 54. The van der Waals surface area contributed by atoms with Crippen molar-refractivity contribution in [2.75, 3.05) is 40.9 Å². The van der Waals surface area contributed by atoms with Crippen molar-refractivity contribution >= 4 is 13.7 Å². The van der Waals surface area contributed by atoms with E-state index in [1.165, 1.54) is 218 Å². The highest BCUT2D eigenvalue weighted by molar-refractivity contribution is 7.47. The zero-order chi connectivity index (χ0) is 49.9. The fourth-order valence-electron chi connectivity index (χ4n) is 8.72. The Morgan fingerprint density at radius 3 is 1.18 bits per heavy atom. The summed E-state index contributed by atoms with van der Waals surface area (Å²) in [4.78, 5) is 23.3. The molecule has 0 heterocycles. The summed E-state index contributed by atoms with van der Waals surface area (Å²) in [5.74, 6) is -0.186. The number of carbonyl (C=O) groups is 1. The predicted octanol–water partition coefficient (Wildman–Crippen LogP) is 17.8. The standard InChI is InChI=1S/C59H115N2O6P/c1-6-8-10-12-14-16-18-20-22-24-26-28-29-30-31-33-34-36-38-40-42-44-46-48-50-52-58(62)57(56-67-68(64,65)66-55-54-61(3,4)5)60-59(63)53-51-49-47-45-43-41-39-37-35-32-27-25-23-21-19-17-15-13-11-9-7-2/h34,36,42,44,50,52,57-58,62H,6-33,35,37-41,43,45-49,51,53-56H2,1-5H3,(H-,60,63,64,65)/p+1/b36-34+,44-42+,52-50+. The number of allylic oxidation sites excluding steroid dienone is 5. The first kappa shape index (κ1) is 66.7. The molecule has 9 heteroatoms. The zero-order valence-corrected chi connectivity index (χ0v) is 46.8. The van der Waals surface area contributed by atoms with Crippen molar-refractivity contribution in [2.24, 2.45) is 0 Å². The number of phosphoric ester groups is 1. The normalized spacial score (nSPS) is 14.2. The molecule has 0 rings (SSSR count). The largest absolute Gasteiger partial charge is 0.472 e. The van der Waals surface area contributed by atoms with Gasteiger partial charge in [0, 0.05) is 6.42 Å². The van der Waals surface area contributed by atoms with E-state index in [-0.39, 0.29) is 19.1 Å². The number of phosphoric acid groups is 1. The molecule has 0 saturated carbocycles. The molecule has 0 radical (unpaired) electrons. The van der Waals surface area contributed by atoms with Crippen LogP contribution in [0.15, 0.2) is 36.5 Å². The molecule has 0 aliphatic heterocycles. The van der Waals surface area contributed by atoms with E-state index in [1.807, 2.05) is 27.2 Å². The lowest BCUT2D eigenvalue weighted by atomic mass is 10.0. The second-order valence-electron chi connectivity index (χ2n) is 21.4. The Balaban J connectivity index is 4.26. The number of hydrogen-bond donors (Lipinski definition) is 3. The van der Waals surface area contributed by atoms with Crippen LogP contribution in [0.5, 0.6) is 0 Å². The summed E-state index contributed by atoms with van der Waals surface area (Å²) >= 11 is 0. The van der Waals surface area contributed by atoms with Gasteiger partial charge in [0.15, 0.2) is 0 Å². The molecule has 0 aromatic heterocycles. The van der Waals surface area contributed by atoms with Gasteiger partial charge in [0.1, 0.15) is 13.2 Å². The van der Waals surface area contributed by atoms with Crippen LogP contribution in [-0.2, 0) is 18.4 Å². The molecule has 0 spiro atoms. The van der Waals surface area contributed by atoms with Crippen molar-refractivity contribution in [3.05, 3.63) is 36.5 Å². The number of aliphatic hydroxyl groups is 1. The number of quaternary nitrogens is 1. The summed E-state index contributed by atoms with van der Waals surface area (Å²) in [6, 6.07) is -0.868. The highest BCUT2D eigenvalue weighted by atomic mass is 31.2. The molecule has 3 unspecified atom stereocenters. The Labute approximate surface area is 423 Å². The Morgan fingerprint density at radius 2 is 0.809 bits per heavy atom. The SMILES string of the molecule is CCCCCCCCCCCCCCCCC/C=C/CC/C=C/CC/C=C/C(O)C(COP(=O)(O)OCC[N+](C)(C)C)NC(=O)CCCCCCCCCCCCCCCCCCCCCCC. The molecule has 0 aliphatic carbocycles. The quantitative estimate of drug-likeness (QED) is 0.0243. The summed E-state index contributed by atoms with van der Waals surface area (Å²) in [5, 5.41) is 13.9. The Hall–Kier alpha value is -1.28. The smallest absolute Gasteiger partial charge is 0.387 e. The van der Waals surface area contributed by atoms with Gasteiger partial charge in [-0.1, -0.05) is 269 Å². The molecule has 0 aromatic rings. The third-order valence-electron chi connectivity index (χ3n) is 13.3. The van der Waals surface area contributed by atoms with Crippen molar-refractivity contribution in [3.63, 3.8) is 0 Å². The van der Waals surface area contributed by atoms with E-state index in [4.69, 9.17) is 9.05 Å². The Kier molecular flexibility index (Phi) is 49.7. The minimum Gasteiger partial charge on any atom is -0.387 e. The van der Waals surface area contributed by atoms with Crippen LogP contribution in [0.4, 0.5) is 0 Å². The van der Waals surface area contributed by atoms with Crippen molar-refractivity contribution in [3.8, 4) is 0 Å². The maximum Gasteiger partial charge on any atom is 0.472 e. The summed E-state index contributed by atoms with van der Waals surface area (Å²) in [6.07, 6.45) is 65.4. The van der Waals surface area contributed by atoms with Crippen molar-refractivity contribution in [1.29, 1.82) is 0 Å². The van der Waals surface area contributed by atoms with Gasteiger partial charge < -0.3 is 19.8 Å². The zero-order valence-electron chi connectivity index (χ0n) is 45.9. The van der Waals surface area contributed by atoms with E-state index in [0.717, 1.165) is 44.9 Å². The number of amides is 1. The first-order valence-corrected chi connectivity index (χ1v) is 30.9. The van der Waals surface area contributed by atoms with Crippen molar-refractivity contribution in [2.45, 2.75) is 296 Å². The molecule has 3 atom stereocenters. The second-order valence-corrected chi connectivity index (χ2v) is 22.8. The summed E-state index contributed by atoms with van der Waals surface area (Å²) in [6.45, 7) is 4.83. The first-order chi connectivity index (χ1) is 33.0. The average Bonchev–Trinajstić information content (AvgIpc) is 3.30. The molecular weight excluding hydrogens is 864 g/mol. The molecule has 0 aliphatic rings. The Morgan fingerprint density at radius 1 is 0.485 bits per heavy atom. The van der Waals surface area contributed by atoms with E-state index in [9.17, 15) is 19.4 Å². The van der Waals surface area contributed by atoms with E-state index in [1.54, 1.807) is 6.08 Å². The van der Waals surface area contributed by atoms with Gasteiger partial charge in [0.2, 0.25) is 5.91 Å². The van der Waals surface area contributed by atoms with Gasteiger partial charge in [0.05, 0.1) is 39.9 Å². The Bertz CT molecular complexity index is 1200. The van der Waals surface area contributed by atoms with E-state index in [0.29, 0.717) is 17.4 Å². The predicted molar refractivity (Wildman–Crippen MR) is 295 cm³/mol. The van der Waals surface area contributed by atoms with E-state index in [2.05, 4.69) is 43.5 Å². The lowest BCUT2D eigenvalue weighted by Gasteiger charge is -2.25. The number of aliphatic hydroxyl groups excluding tert-OH is 1. The van der Waals surface area contributed by atoms with Gasteiger partial charge in [0.25, 0.3) is 0 Å². The molecule has 0 aromatic carbocycles. The van der Waals surface area contributed by atoms with Gasteiger partial charge in [-0.2, -0.15) is 0 Å². The lowest BCUT2D eigenvalue weighted by molar-refractivity contribution is -0.870. The minimum atomic E-state index is -4.36.